The average molecular weight is 239 g/mol. The molecule has 0 bridgehead atoms. The molecule has 17 heavy (non-hydrogen) atoms. The minimum atomic E-state index is -0.576. The third kappa shape index (κ3) is 3.98. The summed E-state index contributed by atoms with van der Waals surface area (Å²) in [6.07, 6.45) is 2.45. The summed E-state index contributed by atoms with van der Waals surface area (Å²) in [5.74, 6) is 0.482. The Balaban J connectivity index is 2.67. The third-order valence-corrected chi connectivity index (χ3v) is 2.93. The second-order valence-corrected chi connectivity index (χ2v) is 4.62. The summed E-state index contributed by atoms with van der Waals surface area (Å²) in [7, 11) is 3.23. The number of pyridine rings is 1. The predicted molar refractivity (Wildman–Crippen MR) is 66.1 cm³/mol. The first-order valence-electron chi connectivity index (χ1n) is 5.72. The van der Waals surface area contributed by atoms with Gasteiger partial charge in [0.15, 0.2) is 0 Å². The van der Waals surface area contributed by atoms with Crippen molar-refractivity contribution in [2.45, 2.75) is 38.4 Å². The molecule has 96 valence electrons. The van der Waals surface area contributed by atoms with Gasteiger partial charge in [0.05, 0.1) is 18.8 Å². The zero-order valence-corrected chi connectivity index (χ0v) is 10.9. The van der Waals surface area contributed by atoms with Gasteiger partial charge in [0.25, 0.3) is 0 Å². The van der Waals surface area contributed by atoms with Gasteiger partial charge in [0.1, 0.15) is 0 Å². The first-order valence-corrected chi connectivity index (χ1v) is 5.72. The lowest BCUT2D eigenvalue weighted by Crippen LogP contribution is -2.23. The van der Waals surface area contributed by atoms with Crippen LogP contribution in [0.15, 0.2) is 18.3 Å². The Hall–Kier alpha value is -1.13. The Kier molecular flexibility index (Phi) is 4.90. The van der Waals surface area contributed by atoms with Crippen molar-refractivity contribution in [2.24, 2.45) is 0 Å². The van der Waals surface area contributed by atoms with E-state index in [-0.39, 0.29) is 5.60 Å². The smallest absolute Gasteiger partial charge is 0.218 e. The molecule has 0 aliphatic carbocycles. The fourth-order valence-corrected chi connectivity index (χ4v) is 1.57. The number of rotatable bonds is 6. The van der Waals surface area contributed by atoms with E-state index in [0.717, 1.165) is 12.0 Å². The van der Waals surface area contributed by atoms with Crippen LogP contribution in [0.2, 0.25) is 0 Å². The molecule has 1 unspecified atom stereocenters. The molecule has 1 aromatic heterocycles. The molecular weight excluding hydrogens is 218 g/mol. The van der Waals surface area contributed by atoms with Gasteiger partial charge in [-0.05, 0) is 38.8 Å². The summed E-state index contributed by atoms with van der Waals surface area (Å²) >= 11 is 0. The van der Waals surface area contributed by atoms with Crippen LogP contribution in [0, 0.1) is 0 Å². The molecule has 1 rings (SSSR count). The molecule has 0 amide bonds. The van der Waals surface area contributed by atoms with Gasteiger partial charge in [-0.15, -0.1) is 0 Å². The SMILES string of the molecule is COc1ncccc1C(O)CCC(C)(C)OC. The van der Waals surface area contributed by atoms with Crippen molar-refractivity contribution < 1.29 is 14.6 Å². The third-order valence-electron chi connectivity index (χ3n) is 2.93. The van der Waals surface area contributed by atoms with Gasteiger partial charge in [0, 0.05) is 18.9 Å². The standard InChI is InChI=1S/C13H21NO3/c1-13(2,17-4)8-7-11(15)10-6-5-9-14-12(10)16-3/h5-6,9,11,15H,7-8H2,1-4H3. The molecular formula is C13H21NO3. The van der Waals surface area contributed by atoms with Crippen LogP contribution in [0.25, 0.3) is 0 Å². The Morgan fingerprint density at radius 1 is 1.41 bits per heavy atom. The predicted octanol–water partition coefficient (Wildman–Crippen LogP) is 2.33. The molecule has 0 saturated heterocycles. The zero-order chi connectivity index (χ0) is 12.9. The second kappa shape index (κ2) is 5.98. The van der Waals surface area contributed by atoms with Crippen molar-refractivity contribution in [1.29, 1.82) is 0 Å². The summed E-state index contributed by atoms with van der Waals surface area (Å²) in [6, 6.07) is 3.62. The van der Waals surface area contributed by atoms with E-state index in [1.807, 2.05) is 19.9 Å². The van der Waals surface area contributed by atoms with Crippen LogP contribution in [-0.2, 0) is 4.74 Å². The van der Waals surface area contributed by atoms with Gasteiger partial charge in [-0.3, -0.25) is 0 Å². The van der Waals surface area contributed by atoms with E-state index < -0.39 is 6.10 Å². The van der Waals surface area contributed by atoms with E-state index in [1.165, 1.54) is 0 Å². The van der Waals surface area contributed by atoms with Crippen LogP contribution in [0.1, 0.15) is 38.4 Å². The highest BCUT2D eigenvalue weighted by Crippen LogP contribution is 2.28. The summed E-state index contributed by atoms with van der Waals surface area (Å²) in [6.45, 7) is 4.00. The quantitative estimate of drug-likeness (QED) is 0.827. The van der Waals surface area contributed by atoms with Crippen LogP contribution >= 0.6 is 0 Å². The first-order chi connectivity index (χ1) is 8.00. The lowest BCUT2D eigenvalue weighted by molar-refractivity contribution is 0.00254. The van der Waals surface area contributed by atoms with Gasteiger partial charge < -0.3 is 14.6 Å². The van der Waals surface area contributed by atoms with Gasteiger partial charge in [-0.2, -0.15) is 0 Å². The van der Waals surface area contributed by atoms with E-state index in [0.29, 0.717) is 12.3 Å². The Morgan fingerprint density at radius 2 is 2.12 bits per heavy atom. The fraction of sp³-hybridized carbons (Fsp3) is 0.615. The number of methoxy groups -OCH3 is 2. The Morgan fingerprint density at radius 3 is 2.71 bits per heavy atom. The molecule has 1 aromatic rings. The molecule has 0 saturated carbocycles. The van der Waals surface area contributed by atoms with Gasteiger partial charge in [0.2, 0.25) is 5.88 Å². The van der Waals surface area contributed by atoms with E-state index in [4.69, 9.17) is 9.47 Å². The molecule has 4 nitrogen and oxygen atoms in total. The van der Waals surface area contributed by atoms with Crippen molar-refractivity contribution in [3.8, 4) is 5.88 Å². The van der Waals surface area contributed by atoms with Gasteiger partial charge in [-0.1, -0.05) is 0 Å². The largest absolute Gasteiger partial charge is 0.481 e. The highest BCUT2D eigenvalue weighted by Gasteiger charge is 2.20. The van der Waals surface area contributed by atoms with Crippen LogP contribution in [0.5, 0.6) is 5.88 Å². The van der Waals surface area contributed by atoms with Gasteiger partial charge >= 0.3 is 0 Å². The molecule has 1 N–H and O–H groups in total. The molecule has 1 atom stereocenters. The number of aliphatic hydroxyl groups excluding tert-OH is 1. The summed E-state index contributed by atoms with van der Waals surface area (Å²) in [5, 5.41) is 10.1. The van der Waals surface area contributed by atoms with Crippen molar-refractivity contribution in [1.82, 2.24) is 4.98 Å². The summed E-state index contributed by atoms with van der Waals surface area (Å²) in [4.78, 5) is 4.07. The monoisotopic (exact) mass is 239 g/mol. The maximum Gasteiger partial charge on any atom is 0.218 e. The summed E-state index contributed by atoms with van der Waals surface area (Å²) < 4.78 is 10.4. The first kappa shape index (κ1) is 13.9. The van der Waals surface area contributed by atoms with Crippen LogP contribution < -0.4 is 4.74 Å². The minimum Gasteiger partial charge on any atom is -0.481 e. The minimum absolute atomic E-state index is 0.226. The van der Waals surface area contributed by atoms with E-state index in [9.17, 15) is 5.11 Å². The molecule has 0 aliphatic heterocycles. The highest BCUT2D eigenvalue weighted by atomic mass is 16.5. The van der Waals surface area contributed by atoms with E-state index in [2.05, 4.69) is 4.98 Å². The van der Waals surface area contributed by atoms with Gasteiger partial charge in [-0.25, -0.2) is 4.98 Å². The highest BCUT2D eigenvalue weighted by molar-refractivity contribution is 5.27. The number of ether oxygens (including phenoxy) is 2. The second-order valence-electron chi connectivity index (χ2n) is 4.62. The van der Waals surface area contributed by atoms with Crippen molar-refractivity contribution >= 4 is 0 Å². The zero-order valence-electron chi connectivity index (χ0n) is 10.9. The average Bonchev–Trinajstić information content (AvgIpc) is 2.36. The van der Waals surface area contributed by atoms with Crippen molar-refractivity contribution in [3.63, 3.8) is 0 Å². The number of hydrogen-bond donors (Lipinski definition) is 1. The Bertz CT molecular complexity index is 352. The van der Waals surface area contributed by atoms with Crippen LogP contribution in [-0.4, -0.2) is 29.9 Å². The molecule has 0 radical (unpaired) electrons. The normalized spacial score (nSPS) is 13.5. The maximum atomic E-state index is 10.1. The van der Waals surface area contributed by atoms with Crippen molar-refractivity contribution in [2.75, 3.05) is 14.2 Å². The Labute approximate surface area is 103 Å². The lowest BCUT2D eigenvalue weighted by Gasteiger charge is -2.24. The molecule has 4 heteroatoms. The number of aromatic nitrogens is 1. The molecule has 0 aliphatic rings. The van der Waals surface area contributed by atoms with Crippen molar-refractivity contribution in [3.05, 3.63) is 23.9 Å². The number of aliphatic hydroxyl groups is 1. The maximum absolute atomic E-state index is 10.1. The van der Waals surface area contributed by atoms with Crippen LogP contribution in [0.4, 0.5) is 0 Å². The van der Waals surface area contributed by atoms with E-state index in [1.54, 1.807) is 26.5 Å². The fourth-order valence-electron chi connectivity index (χ4n) is 1.57. The molecule has 1 heterocycles. The molecule has 0 aromatic carbocycles. The lowest BCUT2D eigenvalue weighted by atomic mass is 9.97. The number of hydrogen-bond acceptors (Lipinski definition) is 4. The topological polar surface area (TPSA) is 51.6 Å². The molecule has 0 spiro atoms. The summed E-state index contributed by atoms with van der Waals surface area (Å²) in [5.41, 5.74) is 0.498. The van der Waals surface area contributed by atoms with E-state index >= 15 is 0 Å². The number of nitrogens with zero attached hydrogens (tertiary/aromatic N) is 1. The molecule has 0 fully saturated rings. The van der Waals surface area contributed by atoms with Crippen LogP contribution in [0.3, 0.4) is 0 Å².